The van der Waals surface area contributed by atoms with E-state index in [4.69, 9.17) is 13.9 Å². The number of cyclic esters (lactones) is 1. The molecule has 0 unspecified atom stereocenters. The Hall–Kier alpha value is -3.67. The molecule has 0 N–H and O–H groups in total. The van der Waals surface area contributed by atoms with Gasteiger partial charge < -0.3 is 13.9 Å². The number of rotatable bonds is 4. The topological polar surface area (TPSA) is 78.6 Å². The van der Waals surface area contributed by atoms with Gasteiger partial charge in [-0.1, -0.05) is 48.5 Å². The average Bonchev–Trinajstić information content (AvgIpc) is 3.16. The SMILES string of the molecule is CC(=O)O[C@H]1C=CC(=O)O[C@H]1c1nc(-c2ccccc2)oc1-c1ccccc1. The zero-order valence-electron chi connectivity index (χ0n) is 15.1. The second-order valence-electron chi connectivity index (χ2n) is 6.26. The van der Waals surface area contributed by atoms with Gasteiger partial charge in [-0.15, -0.1) is 0 Å². The Bertz CT molecular complexity index is 1020. The van der Waals surface area contributed by atoms with Gasteiger partial charge in [0.15, 0.2) is 18.0 Å². The highest BCUT2D eigenvalue weighted by Crippen LogP contribution is 2.37. The molecule has 1 aliphatic rings. The van der Waals surface area contributed by atoms with Crippen molar-refractivity contribution >= 4 is 11.9 Å². The molecule has 6 heteroatoms. The van der Waals surface area contributed by atoms with Crippen LogP contribution in [0.2, 0.25) is 0 Å². The van der Waals surface area contributed by atoms with Crippen molar-refractivity contribution in [1.29, 1.82) is 0 Å². The molecule has 4 rings (SSSR count). The highest BCUT2D eigenvalue weighted by molar-refractivity contribution is 5.83. The van der Waals surface area contributed by atoms with E-state index in [-0.39, 0.29) is 0 Å². The minimum atomic E-state index is -0.905. The minimum absolute atomic E-state index is 0.390. The van der Waals surface area contributed by atoms with E-state index in [1.165, 1.54) is 19.1 Å². The van der Waals surface area contributed by atoms with Crippen molar-refractivity contribution < 1.29 is 23.5 Å². The molecular weight excluding hydrogens is 358 g/mol. The van der Waals surface area contributed by atoms with Gasteiger partial charge in [-0.3, -0.25) is 4.79 Å². The van der Waals surface area contributed by atoms with E-state index in [0.717, 1.165) is 11.1 Å². The zero-order valence-corrected chi connectivity index (χ0v) is 15.1. The van der Waals surface area contributed by atoms with E-state index in [1.54, 1.807) is 0 Å². The van der Waals surface area contributed by atoms with Crippen molar-refractivity contribution in [3.05, 3.63) is 78.5 Å². The zero-order chi connectivity index (χ0) is 19.5. The Morgan fingerprint density at radius 2 is 1.64 bits per heavy atom. The first-order valence-electron chi connectivity index (χ1n) is 8.79. The summed E-state index contributed by atoms with van der Waals surface area (Å²) in [4.78, 5) is 28.0. The number of ether oxygens (including phenoxy) is 2. The van der Waals surface area contributed by atoms with Gasteiger partial charge >= 0.3 is 11.9 Å². The summed E-state index contributed by atoms with van der Waals surface area (Å²) in [5.74, 6) is -0.159. The second kappa shape index (κ2) is 7.52. The highest BCUT2D eigenvalue weighted by Gasteiger charge is 2.36. The number of oxazole rings is 1. The Morgan fingerprint density at radius 3 is 2.29 bits per heavy atom. The van der Waals surface area contributed by atoms with Crippen LogP contribution >= 0.6 is 0 Å². The van der Waals surface area contributed by atoms with Gasteiger partial charge in [0.25, 0.3) is 0 Å². The van der Waals surface area contributed by atoms with E-state index in [0.29, 0.717) is 17.3 Å². The maximum absolute atomic E-state index is 11.9. The normalized spacial score (nSPS) is 18.5. The number of esters is 2. The summed E-state index contributed by atoms with van der Waals surface area (Å²) >= 11 is 0. The van der Waals surface area contributed by atoms with E-state index in [1.807, 2.05) is 60.7 Å². The average molecular weight is 375 g/mol. The van der Waals surface area contributed by atoms with Crippen molar-refractivity contribution in [2.75, 3.05) is 0 Å². The predicted octanol–water partition coefficient (Wildman–Crippen LogP) is 4.09. The second-order valence-corrected chi connectivity index (χ2v) is 6.26. The summed E-state index contributed by atoms with van der Waals surface area (Å²) < 4.78 is 16.9. The van der Waals surface area contributed by atoms with Crippen LogP contribution < -0.4 is 0 Å². The molecule has 2 aromatic carbocycles. The maximum atomic E-state index is 11.9. The van der Waals surface area contributed by atoms with Crippen LogP contribution in [0.1, 0.15) is 18.7 Å². The Morgan fingerprint density at radius 1 is 1.00 bits per heavy atom. The third-order valence-electron chi connectivity index (χ3n) is 4.25. The van der Waals surface area contributed by atoms with Gasteiger partial charge in [-0.25, -0.2) is 9.78 Å². The Labute approximate surface area is 161 Å². The van der Waals surface area contributed by atoms with Gasteiger partial charge in [0.05, 0.1) is 0 Å². The predicted molar refractivity (Wildman–Crippen MR) is 101 cm³/mol. The van der Waals surface area contributed by atoms with E-state index < -0.39 is 24.1 Å². The number of nitrogens with zero attached hydrogens (tertiary/aromatic N) is 1. The fourth-order valence-corrected chi connectivity index (χ4v) is 3.04. The summed E-state index contributed by atoms with van der Waals surface area (Å²) in [5.41, 5.74) is 1.96. The van der Waals surface area contributed by atoms with E-state index in [9.17, 15) is 9.59 Å². The van der Waals surface area contributed by atoms with Gasteiger partial charge in [0.2, 0.25) is 5.89 Å². The molecule has 1 aliphatic heterocycles. The molecule has 0 radical (unpaired) electrons. The molecule has 0 bridgehead atoms. The van der Waals surface area contributed by atoms with Crippen LogP contribution in [0.25, 0.3) is 22.8 Å². The first kappa shape index (κ1) is 17.7. The molecule has 0 fully saturated rings. The van der Waals surface area contributed by atoms with Crippen molar-refractivity contribution in [2.24, 2.45) is 0 Å². The fourth-order valence-electron chi connectivity index (χ4n) is 3.04. The summed E-state index contributed by atoms with van der Waals surface area (Å²) in [6.07, 6.45) is 1.05. The molecule has 0 amide bonds. The monoisotopic (exact) mass is 375 g/mol. The lowest BCUT2D eigenvalue weighted by molar-refractivity contribution is -0.163. The molecule has 0 saturated heterocycles. The maximum Gasteiger partial charge on any atom is 0.331 e. The molecule has 0 spiro atoms. The van der Waals surface area contributed by atoms with Crippen molar-refractivity contribution in [3.63, 3.8) is 0 Å². The number of hydrogen-bond donors (Lipinski definition) is 0. The highest BCUT2D eigenvalue weighted by atomic mass is 16.6. The largest absolute Gasteiger partial charge is 0.454 e. The van der Waals surface area contributed by atoms with Crippen LogP contribution in [0.5, 0.6) is 0 Å². The molecule has 0 saturated carbocycles. The van der Waals surface area contributed by atoms with Crippen molar-refractivity contribution in [3.8, 4) is 22.8 Å². The molecular formula is C22H17NO5. The van der Waals surface area contributed by atoms with Crippen LogP contribution in [0.3, 0.4) is 0 Å². The third kappa shape index (κ3) is 3.57. The lowest BCUT2D eigenvalue weighted by Crippen LogP contribution is -2.30. The Balaban J connectivity index is 1.84. The minimum Gasteiger partial charge on any atom is -0.454 e. The summed E-state index contributed by atoms with van der Waals surface area (Å²) in [7, 11) is 0. The quantitative estimate of drug-likeness (QED) is 0.639. The number of aromatic nitrogens is 1. The van der Waals surface area contributed by atoms with Crippen LogP contribution in [0, 0.1) is 0 Å². The molecule has 0 aliphatic carbocycles. The summed E-state index contributed by atoms with van der Waals surface area (Å²) in [6.45, 7) is 1.30. The van der Waals surface area contributed by atoms with Crippen LogP contribution in [-0.4, -0.2) is 23.0 Å². The van der Waals surface area contributed by atoms with Crippen LogP contribution in [0.15, 0.2) is 77.2 Å². The number of carbonyl (C=O) groups is 2. The van der Waals surface area contributed by atoms with E-state index >= 15 is 0 Å². The first-order chi connectivity index (χ1) is 13.6. The molecule has 3 aromatic rings. The molecule has 1 aromatic heterocycles. The third-order valence-corrected chi connectivity index (χ3v) is 4.25. The molecule has 140 valence electrons. The number of benzene rings is 2. The first-order valence-corrected chi connectivity index (χ1v) is 8.79. The smallest absolute Gasteiger partial charge is 0.331 e. The summed E-state index contributed by atoms with van der Waals surface area (Å²) in [6, 6.07) is 18.8. The standard InChI is InChI=1S/C22H17NO5/c1-14(24)26-17-12-13-18(25)27-21(17)19-20(15-8-4-2-5-9-15)28-22(23-19)16-10-6-3-7-11-16/h2-13,17,21H,1H3/t17-,21+/m0/s1. The molecule has 2 atom stereocenters. The molecule has 28 heavy (non-hydrogen) atoms. The lowest BCUT2D eigenvalue weighted by Gasteiger charge is -2.25. The summed E-state index contributed by atoms with van der Waals surface area (Å²) in [5, 5.41) is 0. The van der Waals surface area contributed by atoms with Gasteiger partial charge in [0, 0.05) is 24.1 Å². The van der Waals surface area contributed by atoms with Gasteiger partial charge in [-0.05, 0) is 18.2 Å². The fraction of sp³-hybridized carbons (Fsp3) is 0.136. The van der Waals surface area contributed by atoms with E-state index in [2.05, 4.69) is 4.98 Å². The van der Waals surface area contributed by atoms with Gasteiger partial charge in [-0.2, -0.15) is 0 Å². The lowest BCUT2D eigenvalue weighted by atomic mass is 10.0. The van der Waals surface area contributed by atoms with Gasteiger partial charge in [0.1, 0.15) is 5.69 Å². The number of hydrogen-bond acceptors (Lipinski definition) is 6. The van der Waals surface area contributed by atoms with Crippen molar-refractivity contribution in [1.82, 2.24) is 4.98 Å². The number of carbonyl (C=O) groups excluding carboxylic acids is 2. The Kier molecular flexibility index (Phi) is 4.76. The molecule has 2 heterocycles. The van der Waals surface area contributed by atoms with Crippen LogP contribution in [0.4, 0.5) is 0 Å². The van der Waals surface area contributed by atoms with Crippen LogP contribution in [-0.2, 0) is 19.1 Å². The van der Waals surface area contributed by atoms with Crippen molar-refractivity contribution in [2.45, 2.75) is 19.1 Å². The molecule has 6 nitrogen and oxygen atoms in total.